The van der Waals surface area contributed by atoms with Crippen LogP contribution in [0.2, 0.25) is 0 Å². The number of hydrogen-bond acceptors (Lipinski definition) is 6. The lowest BCUT2D eigenvalue weighted by atomic mass is 10.1. The van der Waals surface area contributed by atoms with E-state index in [0.29, 0.717) is 22.8 Å². The summed E-state index contributed by atoms with van der Waals surface area (Å²) in [5.74, 6) is 1.15. The van der Waals surface area contributed by atoms with Crippen molar-refractivity contribution < 1.29 is 4.74 Å². The Balaban J connectivity index is 1.74. The first-order chi connectivity index (χ1) is 13.2. The van der Waals surface area contributed by atoms with Crippen molar-refractivity contribution in [2.24, 2.45) is 7.05 Å². The van der Waals surface area contributed by atoms with Gasteiger partial charge in [0.25, 0.3) is 5.56 Å². The van der Waals surface area contributed by atoms with E-state index in [-0.39, 0.29) is 5.56 Å². The van der Waals surface area contributed by atoms with Gasteiger partial charge in [-0.25, -0.2) is 9.97 Å². The summed E-state index contributed by atoms with van der Waals surface area (Å²) in [6, 6.07) is 16.8. The van der Waals surface area contributed by atoms with Gasteiger partial charge in [0.05, 0.1) is 13.3 Å². The zero-order valence-electron chi connectivity index (χ0n) is 14.9. The fourth-order valence-electron chi connectivity index (χ4n) is 2.76. The Morgan fingerprint density at radius 1 is 1.00 bits per heavy atom. The van der Waals surface area contributed by atoms with Crippen molar-refractivity contribution in [1.29, 1.82) is 0 Å². The van der Waals surface area contributed by atoms with Crippen molar-refractivity contribution in [3.05, 3.63) is 71.1 Å². The van der Waals surface area contributed by atoms with Crippen LogP contribution in [-0.4, -0.2) is 26.6 Å². The Kier molecular flexibility index (Phi) is 4.25. The molecule has 0 unspecified atom stereocenters. The number of nitrogens with one attached hydrogen (secondary N) is 1. The number of anilines is 2. The first-order valence-corrected chi connectivity index (χ1v) is 8.36. The zero-order chi connectivity index (χ0) is 18.8. The largest absolute Gasteiger partial charge is 0.497 e. The predicted molar refractivity (Wildman–Crippen MR) is 104 cm³/mol. The average molecular weight is 359 g/mol. The van der Waals surface area contributed by atoms with E-state index in [1.54, 1.807) is 20.4 Å². The van der Waals surface area contributed by atoms with Crippen LogP contribution in [0, 0.1) is 0 Å². The molecule has 0 aliphatic rings. The van der Waals surface area contributed by atoms with Crippen LogP contribution in [0.15, 0.2) is 65.6 Å². The molecule has 27 heavy (non-hydrogen) atoms. The maximum absolute atomic E-state index is 12.7. The highest BCUT2D eigenvalue weighted by molar-refractivity contribution is 5.75. The van der Waals surface area contributed by atoms with E-state index in [4.69, 9.17) is 4.74 Å². The highest BCUT2D eigenvalue weighted by Gasteiger charge is 2.12. The molecule has 0 bridgehead atoms. The van der Waals surface area contributed by atoms with Gasteiger partial charge in [-0.15, -0.1) is 0 Å². The van der Waals surface area contributed by atoms with Crippen LogP contribution in [0.4, 0.5) is 11.6 Å². The van der Waals surface area contributed by atoms with E-state index in [1.165, 1.54) is 4.57 Å². The minimum atomic E-state index is -0.206. The molecule has 1 N–H and O–H groups in total. The van der Waals surface area contributed by atoms with Gasteiger partial charge in [0.1, 0.15) is 17.0 Å². The Labute approximate surface area is 155 Å². The number of rotatable bonds is 4. The van der Waals surface area contributed by atoms with E-state index >= 15 is 0 Å². The lowest BCUT2D eigenvalue weighted by Crippen LogP contribution is -2.22. The molecule has 134 valence electrons. The second-order valence-electron chi connectivity index (χ2n) is 5.95. The van der Waals surface area contributed by atoms with Gasteiger partial charge in [0, 0.05) is 18.3 Å². The summed E-state index contributed by atoms with van der Waals surface area (Å²) in [7, 11) is 3.30. The third-order valence-corrected chi connectivity index (χ3v) is 4.20. The van der Waals surface area contributed by atoms with Gasteiger partial charge >= 0.3 is 0 Å². The molecule has 0 aliphatic carbocycles. The molecule has 7 nitrogen and oxygen atoms in total. The van der Waals surface area contributed by atoms with Gasteiger partial charge in [-0.3, -0.25) is 9.36 Å². The molecule has 0 spiro atoms. The number of benzene rings is 2. The Morgan fingerprint density at radius 2 is 1.74 bits per heavy atom. The highest BCUT2D eigenvalue weighted by atomic mass is 16.5. The lowest BCUT2D eigenvalue weighted by Gasteiger charge is -2.10. The smallest absolute Gasteiger partial charge is 0.278 e. The predicted octanol–water partition coefficient (Wildman–Crippen LogP) is 3.14. The van der Waals surface area contributed by atoms with Crippen molar-refractivity contribution in [3.8, 4) is 17.0 Å². The van der Waals surface area contributed by atoms with Crippen LogP contribution in [0.25, 0.3) is 22.4 Å². The van der Waals surface area contributed by atoms with Crippen LogP contribution in [0.3, 0.4) is 0 Å². The first-order valence-electron chi connectivity index (χ1n) is 8.36. The van der Waals surface area contributed by atoms with Crippen LogP contribution in [-0.2, 0) is 7.05 Å². The molecule has 0 amide bonds. The molecular formula is C20H17N5O2. The summed E-state index contributed by atoms with van der Waals surface area (Å²) in [5, 5.41) is 3.12. The number of aryl methyl sites for hydroxylation is 1. The second-order valence-corrected chi connectivity index (χ2v) is 5.95. The fourth-order valence-corrected chi connectivity index (χ4v) is 2.76. The molecule has 0 saturated heterocycles. The minimum Gasteiger partial charge on any atom is -0.497 e. The molecule has 0 aliphatic heterocycles. The molecule has 7 heteroatoms. The number of methoxy groups -OCH3 is 1. The van der Waals surface area contributed by atoms with Gasteiger partial charge in [0.2, 0.25) is 5.95 Å². The van der Waals surface area contributed by atoms with E-state index in [1.807, 2.05) is 54.6 Å². The summed E-state index contributed by atoms with van der Waals surface area (Å²) >= 11 is 0. The molecule has 4 aromatic rings. The number of ether oxygens (including phenoxy) is 1. The molecule has 2 aromatic heterocycles. The average Bonchev–Trinajstić information content (AvgIpc) is 2.72. The second kappa shape index (κ2) is 6.87. The molecule has 0 fully saturated rings. The molecule has 0 radical (unpaired) electrons. The first kappa shape index (κ1) is 16.7. The van der Waals surface area contributed by atoms with Crippen LogP contribution in [0.5, 0.6) is 5.75 Å². The zero-order valence-corrected chi connectivity index (χ0v) is 14.9. The summed E-state index contributed by atoms with van der Waals surface area (Å²) in [4.78, 5) is 26.0. The van der Waals surface area contributed by atoms with Crippen LogP contribution in [0.1, 0.15) is 0 Å². The maximum Gasteiger partial charge on any atom is 0.278 e. The monoisotopic (exact) mass is 359 g/mol. The minimum absolute atomic E-state index is 0.206. The fraction of sp³-hybridized carbons (Fsp3) is 0.100. The number of hydrogen-bond donors (Lipinski definition) is 1. The molecular weight excluding hydrogens is 342 g/mol. The standard InChI is InChI=1S/C20H17N5O2/c1-25-18-16(23-17(19(25)26)13-6-4-3-5-7-13)12-21-20(24-18)22-14-8-10-15(27-2)11-9-14/h3-12H,1-2H3,(H,21,22,24). The van der Waals surface area contributed by atoms with Crippen molar-refractivity contribution in [1.82, 2.24) is 19.5 Å². The van der Waals surface area contributed by atoms with Crippen LogP contribution >= 0.6 is 0 Å². The van der Waals surface area contributed by atoms with Gasteiger partial charge in [-0.2, -0.15) is 4.98 Å². The summed E-state index contributed by atoms with van der Waals surface area (Å²) in [6.45, 7) is 0. The Hall–Kier alpha value is -3.74. The molecule has 4 rings (SSSR count). The van der Waals surface area contributed by atoms with E-state index in [0.717, 1.165) is 17.0 Å². The Bertz CT molecular complexity index is 1150. The summed E-state index contributed by atoms with van der Waals surface area (Å²) in [6.07, 6.45) is 1.61. The van der Waals surface area contributed by atoms with Crippen molar-refractivity contribution in [3.63, 3.8) is 0 Å². The molecule has 0 saturated carbocycles. The van der Waals surface area contributed by atoms with Gasteiger partial charge in [-0.05, 0) is 24.3 Å². The van der Waals surface area contributed by atoms with Crippen LogP contribution < -0.4 is 15.6 Å². The molecule has 0 atom stereocenters. The number of fused-ring (bicyclic) bond motifs is 1. The Morgan fingerprint density at radius 3 is 2.44 bits per heavy atom. The molecule has 2 aromatic carbocycles. The van der Waals surface area contributed by atoms with Gasteiger partial charge < -0.3 is 10.1 Å². The van der Waals surface area contributed by atoms with Gasteiger partial charge in [0.15, 0.2) is 5.65 Å². The lowest BCUT2D eigenvalue weighted by molar-refractivity contribution is 0.415. The van der Waals surface area contributed by atoms with Gasteiger partial charge in [-0.1, -0.05) is 30.3 Å². The third kappa shape index (κ3) is 3.22. The van der Waals surface area contributed by atoms with Crippen molar-refractivity contribution in [2.45, 2.75) is 0 Å². The third-order valence-electron chi connectivity index (χ3n) is 4.20. The van der Waals surface area contributed by atoms with Crippen molar-refractivity contribution >= 4 is 22.8 Å². The maximum atomic E-state index is 12.7. The van der Waals surface area contributed by atoms with E-state index < -0.39 is 0 Å². The summed E-state index contributed by atoms with van der Waals surface area (Å²) < 4.78 is 6.64. The summed E-state index contributed by atoms with van der Waals surface area (Å²) in [5.41, 5.74) is 2.77. The highest BCUT2D eigenvalue weighted by Crippen LogP contribution is 2.20. The normalized spacial score (nSPS) is 10.7. The van der Waals surface area contributed by atoms with E-state index in [9.17, 15) is 4.79 Å². The number of nitrogens with zero attached hydrogens (tertiary/aromatic N) is 4. The molecule has 2 heterocycles. The SMILES string of the molecule is COc1ccc(Nc2ncc3nc(-c4ccccc4)c(=O)n(C)c3n2)cc1. The van der Waals surface area contributed by atoms with E-state index in [2.05, 4.69) is 20.3 Å². The topological polar surface area (TPSA) is 81.9 Å². The quantitative estimate of drug-likeness (QED) is 0.603. The van der Waals surface area contributed by atoms with Crippen molar-refractivity contribution in [2.75, 3.05) is 12.4 Å². The number of aromatic nitrogens is 4.